The van der Waals surface area contributed by atoms with Gasteiger partial charge >= 0.3 is 0 Å². The van der Waals surface area contributed by atoms with E-state index in [-0.39, 0.29) is 12.3 Å². The zero-order chi connectivity index (χ0) is 16.8. The number of rotatable bonds is 6. The van der Waals surface area contributed by atoms with Crippen molar-refractivity contribution in [3.63, 3.8) is 0 Å². The number of thiazole rings is 1. The molecule has 0 aliphatic heterocycles. The van der Waals surface area contributed by atoms with Crippen LogP contribution < -0.4 is 10.1 Å². The summed E-state index contributed by atoms with van der Waals surface area (Å²) in [5, 5.41) is 5.74. The Morgan fingerprint density at radius 1 is 1.17 bits per heavy atom. The molecule has 24 heavy (non-hydrogen) atoms. The van der Waals surface area contributed by atoms with Gasteiger partial charge in [0.05, 0.1) is 19.2 Å². The number of benzene rings is 2. The lowest BCUT2D eigenvalue weighted by Gasteiger charge is -2.04. The summed E-state index contributed by atoms with van der Waals surface area (Å²) in [7, 11) is 1.64. The Bertz CT molecular complexity index is 815. The molecule has 122 valence electrons. The van der Waals surface area contributed by atoms with E-state index in [1.54, 1.807) is 7.11 Å². The summed E-state index contributed by atoms with van der Waals surface area (Å²) in [6, 6.07) is 17.6. The number of methoxy groups -OCH3 is 1. The highest BCUT2D eigenvalue weighted by Crippen LogP contribution is 2.26. The largest absolute Gasteiger partial charge is 0.497 e. The molecule has 0 fully saturated rings. The second-order valence-electron chi connectivity index (χ2n) is 5.32. The topological polar surface area (TPSA) is 51.2 Å². The number of amides is 1. The minimum absolute atomic E-state index is 0.0265. The summed E-state index contributed by atoms with van der Waals surface area (Å²) in [5.74, 6) is 0.770. The Balaban J connectivity index is 1.60. The number of hydrogen-bond donors (Lipinski definition) is 1. The third-order valence-electron chi connectivity index (χ3n) is 3.54. The minimum atomic E-state index is -0.0265. The fourth-order valence-electron chi connectivity index (χ4n) is 2.30. The van der Waals surface area contributed by atoms with Crippen LogP contribution in [0.25, 0.3) is 10.6 Å². The van der Waals surface area contributed by atoms with Crippen LogP contribution in [0.3, 0.4) is 0 Å². The molecule has 0 saturated carbocycles. The van der Waals surface area contributed by atoms with Crippen LogP contribution >= 0.6 is 11.3 Å². The molecule has 0 atom stereocenters. The average Bonchev–Trinajstić information content (AvgIpc) is 3.09. The molecule has 0 saturated heterocycles. The molecule has 0 radical (unpaired) electrons. The number of nitrogens with zero attached hydrogens (tertiary/aromatic N) is 1. The Hall–Kier alpha value is -2.66. The Morgan fingerprint density at radius 2 is 2.00 bits per heavy atom. The number of aromatic nitrogens is 1. The SMILES string of the molecule is COc1cccc(-c2nc(CC(=O)NCc3ccccc3)cs2)c1. The molecule has 4 nitrogen and oxygen atoms in total. The molecule has 0 aliphatic carbocycles. The van der Waals surface area contributed by atoms with Crippen molar-refractivity contribution >= 4 is 17.2 Å². The van der Waals surface area contributed by atoms with E-state index < -0.39 is 0 Å². The van der Waals surface area contributed by atoms with Gasteiger partial charge in [-0.25, -0.2) is 4.98 Å². The van der Waals surface area contributed by atoms with E-state index >= 15 is 0 Å². The molecular weight excluding hydrogens is 320 g/mol. The number of nitrogens with one attached hydrogen (secondary N) is 1. The molecule has 0 aliphatic rings. The van der Waals surface area contributed by atoms with Gasteiger partial charge in [-0.3, -0.25) is 4.79 Å². The summed E-state index contributed by atoms with van der Waals surface area (Å²) in [5.41, 5.74) is 2.86. The zero-order valence-electron chi connectivity index (χ0n) is 13.4. The fraction of sp³-hybridized carbons (Fsp3) is 0.158. The van der Waals surface area contributed by atoms with E-state index in [4.69, 9.17) is 4.74 Å². The minimum Gasteiger partial charge on any atom is -0.497 e. The van der Waals surface area contributed by atoms with Crippen LogP contribution in [-0.2, 0) is 17.8 Å². The third kappa shape index (κ3) is 4.20. The molecule has 2 aromatic carbocycles. The van der Waals surface area contributed by atoms with E-state index in [1.165, 1.54) is 11.3 Å². The smallest absolute Gasteiger partial charge is 0.226 e. The van der Waals surface area contributed by atoms with Crippen LogP contribution in [0, 0.1) is 0 Å². The van der Waals surface area contributed by atoms with Gasteiger partial charge in [-0.1, -0.05) is 42.5 Å². The molecule has 0 bridgehead atoms. The first-order valence-electron chi connectivity index (χ1n) is 7.64. The summed E-state index contributed by atoms with van der Waals surface area (Å²) >= 11 is 1.53. The van der Waals surface area contributed by atoms with Crippen molar-refractivity contribution in [3.05, 3.63) is 71.2 Å². The van der Waals surface area contributed by atoms with E-state index in [0.29, 0.717) is 6.54 Å². The predicted octanol–water partition coefficient (Wildman–Crippen LogP) is 3.68. The first kappa shape index (κ1) is 16.2. The maximum absolute atomic E-state index is 12.1. The number of ether oxygens (including phenoxy) is 1. The second-order valence-corrected chi connectivity index (χ2v) is 6.17. The van der Waals surface area contributed by atoms with Gasteiger partial charge < -0.3 is 10.1 Å². The van der Waals surface area contributed by atoms with Gasteiger partial charge in [-0.05, 0) is 17.7 Å². The van der Waals surface area contributed by atoms with E-state index in [2.05, 4.69) is 10.3 Å². The van der Waals surface area contributed by atoms with Crippen molar-refractivity contribution < 1.29 is 9.53 Å². The van der Waals surface area contributed by atoms with Crippen LogP contribution in [0.5, 0.6) is 5.75 Å². The highest BCUT2D eigenvalue weighted by atomic mass is 32.1. The van der Waals surface area contributed by atoms with Crippen molar-refractivity contribution in [1.29, 1.82) is 0 Å². The molecule has 1 aromatic heterocycles. The van der Waals surface area contributed by atoms with Crippen molar-refractivity contribution in [2.24, 2.45) is 0 Å². The normalized spacial score (nSPS) is 10.4. The molecule has 0 unspecified atom stereocenters. The molecule has 5 heteroatoms. The lowest BCUT2D eigenvalue weighted by atomic mass is 10.2. The van der Waals surface area contributed by atoms with Crippen LogP contribution in [-0.4, -0.2) is 18.0 Å². The lowest BCUT2D eigenvalue weighted by molar-refractivity contribution is -0.120. The summed E-state index contributed by atoms with van der Waals surface area (Å²) in [6.45, 7) is 0.534. The maximum atomic E-state index is 12.1. The first-order valence-corrected chi connectivity index (χ1v) is 8.52. The van der Waals surface area contributed by atoms with Crippen LogP contribution in [0.2, 0.25) is 0 Å². The molecule has 0 spiro atoms. The molecule has 1 heterocycles. The van der Waals surface area contributed by atoms with Crippen molar-refractivity contribution in [2.45, 2.75) is 13.0 Å². The monoisotopic (exact) mass is 338 g/mol. The maximum Gasteiger partial charge on any atom is 0.226 e. The van der Waals surface area contributed by atoms with Crippen LogP contribution in [0.1, 0.15) is 11.3 Å². The predicted molar refractivity (Wildman–Crippen MR) is 96.1 cm³/mol. The first-order chi connectivity index (χ1) is 11.7. The van der Waals surface area contributed by atoms with Crippen molar-refractivity contribution in [2.75, 3.05) is 7.11 Å². The van der Waals surface area contributed by atoms with Gasteiger partial charge in [-0.2, -0.15) is 0 Å². The van der Waals surface area contributed by atoms with Gasteiger partial charge in [0.1, 0.15) is 10.8 Å². The van der Waals surface area contributed by atoms with Gasteiger partial charge in [0.25, 0.3) is 0 Å². The van der Waals surface area contributed by atoms with E-state index in [9.17, 15) is 4.79 Å². The zero-order valence-corrected chi connectivity index (χ0v) is 14.2. The standard InChI is InChI=1S/C19H18N2O2S/c1-23-17-9-5-8-15(10-17)19-21-16(13-24-19)11-18(22)20-12-14-6-3-2-4-7-14/h2-10,13H,11-12H2,1H3,(H,20,22). The van der Waals surface area contributed by atoms with Crippen LogP contribution in [0.15, 0.2) is 60.0 Å². The van der Waals surface area contributed by atoms with E-state index in [1.807, 2.05) is 60.0 Å². The van der Waals surface area contributed by atoms with Crippen molar-refractivity contribution in [3.8, 4) is 16.3 Å². The van der Waals surface area contributed by atoms with Crippen LogP contribution in [0.4, 0.5) is 0 Å². The molecule has 1 amide bonds. The highest BCUT2D eigenvalue weighted by molar-refractivity contribution is 7.13. The van der Waals surface area contributed by atoms with Crippen molar-refractivity contribution in [1.82, 2.24) is 10.3 Å². The van der Waals surface area contributed by atoms with Gasteiger partial charge in [0.2, 0.25) is 5.91 Å². The second kappa shape index (κ2) is 7.75. The summed E-state index contributed by atoms with van der Waals surface area (Å²) in [6.07, 6.45) is 0.285. The Kier molecular flexibility index (Phi) is 5.23. The summed E-state index contributed by atoms with van der Waals surface area (Å²) < 4.78 is 5.23. The van der Waals surface area contributed by atoms with Gasteiger partial charge in [-0.15, -0.1) is 11.3 Å². The highest BCUT2D eigenvalue weighted by Gasteiger charge is 2.09. The molecular formula is C19H18N2O2S. The quantitative estimate of drug-likeness (QED) is 0.746. The number of hydrogen-bond acceptors (Lipinski definition) is 4. The number of carbonyl (C=O) groups is 1. The Morgan fingerprint density at radius 3 is 2.79 bits per heavy atom. The molecule has 3 rings (SSSR count). The Labute approximate surface area is 145 Å². The molecule has 1 N–H and O–H groups in total. The lowest BCUT2D eigenvalue weighted by Crippen LogP contribution is -2.24. The molecule has 3 aromatic rings. The van der Waals surface area contributed by atoms with E-state index in [0.717, 1.165) is 27.6 Å². The summed E-state index contributed by atoms with van der Waals surface area (Å²) in [4.78, 5) is 16.6. The van der Waals surface area contributed by atoms with Gasteiger partial charge in [0, 0.05) is 17.5 Å². The van der Waals surface area contributed by atoms with Gasteiger partial charge in [0.15, 0.2) is 0 Å². The number of carbonyl (C=O) groups excluding carboxylic acids is 1. The average molecular weight is 338 g/mol. The third-order valence-corrected chi connectivity index (χ3v) is 4.48. The fourth-order valence-corrected chi connectivity index (χ4v) is 3.12.